The van der Waals surface area contributed by atoms with Crippen molar-refractivity contribution >= 4 is 12.2 Å². The Hall–Kier alpha value is -3.32. The van der Waals surface area contributed by atoms with Crippen LogP contribution < -0.4 is 0 Å². The molecule has 0 aromatic carbocycles. The smallest absolute Gasteiger partial charge is 0.275 e. The van der Waals surface area contributed by atoms with Crippen molar-refractivity contribution in [2.45, 2.75) is 0 Å². The zero-order valence-corrected chi connectivity index (χ0v) is 8.26. The van der Waals surface area contributed by atoms with Gasteiger partial charge in [0.05, 0.1) is 10.6 Å². The fraction of sp³-hybridized carbons (Fsp3) is 0. The van der Waals surface area contributed by atoms with Crippen LogP contribution in [0.25, 0.3) is 0 Å². The third kappa shape index (κ3) is 2.62. The van der Waals surface area contributed by atoms with Crippen LogP contribution in [0.2, 0.25) is 0 Å². The van der Waals surface area contributed by atoms with Crippen LogP contribution in [-0.2, 0) is 9.68 Å². The van der Waals surface area contributed by atoms with E-state index < -0.39 is 12.2 Å². The maximum atomic E-state index is 11.0. The summed E-state index contributed by atoms with van der Waals surface area (Å²) in [6.07, 6.45) is -0.125. The minimum absolute atomic E-state index is 0.641. The van der Waals surface area contributed by atoms with E-state index in [0.717, 1.165) is 12.7 Å². The zero-order valence-electron chi connectivity index (χ0n) is 8.26. The molecule has 2 heterocycles. The van der Waals surface area contributed by atoms with E-state index in [1.54, 1.807) is 0 Å². The summed E-state index contributed by atoms with van der Waals surface area (Å²) in [7, 11) is 0. The second-order valence-corrected chi connectivity index (χ2v) is 2.39. The quantitative estimate of drug-likeness (QED) is 0.353. The topological polar surface area (TPSA) is 165 Å². The first-order chi connectivity index (χ1) is 8.77. The molecule has 2 rings (SSSR count). The lowest BCUT2D eigenvalue weighted by molar-refractivity contribution is 0.0888. The van der Waals surface area contributed by atoms with Crippen molar-refractivity contribution in [1.29, 1.82) is 0 Å². The van der Waals surface area contributed by atoms with E-state index in [4.69, 9.17) is 0 Å². The van der Waals surface area contributed by atoms with Crippen molar-refractivity contribution in [1.82, 2.24) is 40.4 Å². The lowest BCUT2D eigenvalue weighted by Crippen LogP contribution is -2.13. The molecule has 0 unspecified atom stereocenters. The molecule has 92 valence electrons. The van der Waals surface area contributed by atoms with E-state index >= 15 is 0 Å². The van der Waals surface area contributed by atoms with Crippen LogP contribution in [0.15, 0.2) is 23.2 Å². The lowest BCUT2D eigenvalue weighted by atomic mass is 11.1. The fourth-order valence-corrected chi connectivity index (χ4v) is 0.677. The Morgan fingerprint density at radius 3 is 1.67 bits per heavy atom. The number of tetrazole rings is 2. The highest BCUT2D eigenvalue weighted by atomic mass is 16.8. The molecular formula is C4H2N10O4. The molecule has 0 fully saturated rings. The molecule has 2 aromatic rings. The lowest BCUT2D eigenvalue weighted by Gasteiger charge is -1.93. The van der Waals surface area contributed by atoms with Crippen LogP contribution in [0.3, 0.4) is 0 Å². The number of carbonyl (C=O) groups is 2. The Bertz CT molecular complexity index is 494. The number of nitrogens with zero attached hydrogens (tertiary/aromatic N) is 10. The molecule has 0 radical (unpaired) electrons. The first-order valence-corrected chi connectivity index (χ1v) is 4.06. The van der Waals surface area contributed by atoms with Crippen LogP contribution in [0.4, 0.5) is 9.59 Å². The van der Waals surface area contributed by atoms with Gasteiger partial charge in [-0.25, -0.2) is 9.59 Å². The Labute approximate surface area is 96.1 Å². The second-order valence-electron chi connectivity index (χ2n) is 2.39. The highest BCUT2D eigenvalue weighted by Gasteiger charge is 2.09. The Morgan fingerprint density at radius 2 is 1.33 bits per heavy atom. The summed E-state index contributed by atoms with van der Waals surface area (Å²) in [6, 6.07) is 0. The van der Waals surface area contributed by atoms with E-state index in [2.05, 4.69) is 51.3 Å². The summed E-state index contributed by atoms with van der Waals surface area (Å²) < 4.78 is 1.28. The molecule has 0 atom stereocenters. The molecule has 14 heteroatoms. The first kappa shape index (κ1) is 11.2. The number of hydrogen-bond donors (Lipinski definition) is 0. The molecule has 0 spiro atoms. The summed E-state index contributed by atoms with van der Waals surface area (Å²) in [5.41, 5.74) is 0. The van der Waals surface area contributed by atoms with Gasteiger partial charge in [-0.3, -0.25) is 9.68 Å². The normalized spacial score (nSPS) is 10.4. The standard InChI is InChI=1S/C4H2N10O4/c15-3(13-1-5-7-9-13)17-11-12-18-4(16)14-2-6-8-10-14/h1-2H. The average Bonchev–Trinajstić information content (AvgIpc) is 3.05. The molecule has 0 aliphatic carbocycles. The summed E-state index contributed by atoms with van der Waals surface area (Å²) in [4.78, 5) is 30.4. The van der Waals surface area contributed by atoms with Crippen LogP contribution in [0.1, 0.15) is 0 Å². The third-order valence-electron chi connectivity index (χ3n) is 1.34. The minimum Gasteiger partial charge on any atom is -0.275 e. The molecule has 0 N–H and O–H groups in total. The summed E-state index contributed by atoms with van der Waals surface area (Å²) >= 11 is 0. The molecule has 0 saturated carbocycles. The predicted octanol–water partition coefficient (Wildman–Crippen LogP) is -1.39. The minimum atomic E-state index is -1.04. The number of hydrogen-bond acceptors (Lipinski definition) is 12. The molecule has 18 heavy (non-hydrogen) atoms. The maximum Gasteiger partial charge on any atom is 0.465 e. The van der Waals surface area contributed by atoms with Gasteiger partial charge in [0.1, 0.15) is 0 Å². The maximum absolute atomic E-state index is 11.0. The summed E-state index contributed by atoms with van der Waals surface area (Å²) in [5.74, 6) is 0. The van der Waals surface area contributed by atoms with Crippen molar-refractivity contribution in [2.24, 2.45) is 10.6 Å². The van der Waals surface area contributed by atoms with E-state index in [-0.39, 0.29) is 0 Å². The van der Waals surface area contributed by atoms with Crippen LogP contribution in [0.5, 0.6) is 0 Å². The molecule has 0 amide bonds. The highest BCUT2D eigenvalue weighted by molar-refractivity contribution is 5.68. The Morgan fingerprint density at radius 1 is 0.889 bits per heavy atom. The SMILES string of the molecule is O=C(ON=NOC(=O)n1cnnn1)n1cnnn1. The summed E-state index contributed by atoms with van der Waals surface area (Å²) in [5, 5.41) is 24.8. The number of carbonyl (C=O) groups excluding carboxylic acids is 2. The molecule has 0 saturated heterocycles. The van der Waals surface area contributed by atoms with Crippen molar-refractivity contribution in [3.8, 4) is 0 Å². The Balaban J connectivity index is 1.79. The Kier molecular flexibility index (Phi) is 3.19. The van der Waals surface area contributed by atoms with Gasteiger partial charge in [0, 0.05) is 0 Å². The van der Waals surface area contributed by atoms with Gasteiger partial charge < -0.3 is 0 Å². The van der Waals surface area contributed by atoms with E-state index in [1.165, 1.54) is 0 Å². The monoisotopic (exact) mass is 254 g/mol. The van der Waals surface area contributed by atoms with E-state index in [1.807, 2.05) is 0 Å². The molecule has 0 aliphatic heterocycles. The summed E-state index contributed by atoms with van der Waals surface area (Å²) in [6.45, 7) is 0. The molecule has 0 aliphatic rings. The van der Waals surface area contributed by atoms with Crippen molar-refractivity contribution < 1.29 is 19.3 Å². The second kappa shape index (κ2) is 5.14. The molecule has 0 bridgehead atoms. The third-order valence-corrected chi connectivity index (χ3v) is 1.34. The van der Waals surface area contributed by atoms with Gasteiger partial charge in [-0.05, 0) is 20.9 Å². The van der Waals surface area contributed by atoms with Gasteiger partial charge in [-0.15, -0.1) is 19.6 Å². The van der Waals surface area contributed by atoms with Crippen LogP contribution in [0, 0.1) is 0 Å². The highest BCUT2D eigenvalue weighted by Crippen LogP contribution is 1.90. The van der Waals surface area contributed by atoms with Gasteiger partial charge >= 0.3 is 12.2 Å². The van der Waals surface area contributed by atoms with Gasteiger partial charge in [-0.2, -0.15) is 0 Å². The fourth-order valence-electron chi connectivity index (χ4n) is 0.677. The van der Waals surface area contributed by atoms with Crippen molar-refractivity contribution in [2.75, 3.05) is 0 Å². The predicted molar refractivity (Wildman–Crippen MR) is 44.2 cm³/mol. The zero-order chi connectivity index (χ0) is 12.8. The molecule has 14 nitrogen and oxygen atoms in total. The first-order valence-electron chi connectivity index (χ1n) is 4.06. The average molecular weight is 254 g/mol. The van der Waals surface area contributed by atoms with Gasteiger partial charge in [0.15, 0.2) is 12.7 Å². The van der Waals surface area contributed by atoms with Gasteiger partial charge in [0.2, 0.25) is 0 Å². The molecular weight excluding hydrogens is 252 g/mol. The molecule has 2 aromatic heterocycles. The largest absolute Gasteiger partial charge is 0.465 e. The van der Waals surface area contributed by atoms with E-state index in [9.17, 15) is 9.59 Å². The van der Waals surface area contributed by atoms with Crippen molar-refractivity contribution in [3.05, 3.63) is 12.7 Å². The number of aromatic nitrogens is 8. The van der Waals surface area contributed by atoms with Gasteiger partial charge in [-0.1, -0.05) is 0 Å². The van der Waals surface area contributed by atoms with Crippen LogP contribution in [-0.4, -0.2) is 52.6 Å². The van der Waals surface area contributed by atoms with E-state index in [0.29, 0.717) is 9.36 Å². The van der Waals surface area contributed by atoms with Crippen molar-refractivity contribution in [3.63, 3.8) is 0 Å². The van der Waals surface area contributed by atoms with Gasteiger partial charge in [0.25, 0.3) is 0 Å². The number of rotatable bonds is 2. The van der Waals surface area contributed by atoms with Crippen LogP contribution >= 0.6 is 0 Å².